The molecule has 70 valence electrons. The fourth-order valence-corrected chi connectivity index (χ4v) is 0.831. The van der Waals surface area contributed by atoms with Gasteiger partial charge in [0.2, 0.25) is 6.08 Å². The second-order valence-corrected chi connectivity index (χ2v) is 2.47. The Morgan fingerprint density at radius 2 is 1.75 bits per heavy atom. The van der Waals surface area contributed by atoms with Gasteiger partial charge in [-0.15, -0.1) is 0 Å². The Balaban J connectivity index is 0. The van der Waals surface area contributed by atoms with Crippen LogP contribution in [0, 0.1) is 5.41 Å². The smallest absolute Gasteiger partial charge is 0.231 e. The Labute approximate surface area is 73.7 Å². The molecule has 0 aromatic heterocycles. The molecule has 0 spiro atoms. The molecule has 12 heavy (non-hydrogen) atoms. The number of unbranched alkanes of at least 4 members (excludes halogenated alkanes) is 5. The normalized spacial score (nSPS) is 7.75. The molecule has 3 heteroatoms. The molecule has 0 rings (SSSR count). The van der Waals surface area contributed by atoms with Crippen molar-refractivity contribution in [2.75, 3.05) is 0 Å². The largest absolute Gasteiger partial charge is 0.303 e. The van der Waals surface area contributed by atoms with Gasteiger partial charge in [-0.25, -0.2) is 10.2 Å². The predicted molar refractivity (Wildman–Crippen MR) is 47.9 cm³/mol. The molecule has 0 radical (unpaired) electrons. The molecule has 0 saturated heterocycles. The maximum atomic E-state index is 9.84. The summed E-state index contributed by atoms with van der Waals surface area (Å²) in [6.45, 7) is 2.19. The molecule has 0 aliphatic carbocycles. The van der Waals surface area contributed by atoms with Crippen LogP contribution in [0.2, 0.25) is 0 Å². The minimum Gasteiger partial charge on any atom is -0.303 e. The monoisotopic (exact) mass is 171 g/mol. The number of isocyanates is 1. The lowest BCUT2D eigenvalue weighted by Crippen LogP contribution is -1.78. The minimum atomic E-state index is 0.750. The van der Waals surface area contributed by atoms with E-state index in [1.165, 1.54) is 25.7 Å². The first-order valence-electron chi connectivity index (χ1n) is 4.31. The topological polar surface area (TPSA) is 58.0 Å². The summed E-state index contributed by atoms with van der Waals surface area (Å²) in [5.41, 5.74) is 0. The highest BCUT2D eigenvalue weighted by Gasteiger charge is 1.85. The molecule has 3 nitrogen and oxygen atoms in total. The number of carbonyl (C=O) groups excluding carboxylic acids is 2. The highest BCUT2D eigenvalue weighted by atomic mass is 16.1. The highest BCUT2D eigenvalue weighted by molar-refractivity contribution is 5.48. The lowest BCUT2D eigenvalue weighted by Gasteiger charge is -1.93. The van der Waals surface area contributed by atoms with E-state index in [1.807, 2.05) is 0 Å². The summed E-state index contributed by atoms with van der Waals surface area (Å²) in [4.78, 5) is 18.2. The van der Waals surface area contributed by atoms with E-state index in [-0.39, 0.29) is 0 Å². The minimum absolute atomic E-state index is 0.750. The zero-order valence-corrected chi connectivity index (χ0v) is 7.64. The molecule has 0 aliphatic heterocycles. The van der Waals surface area contributed by atoms with Crippen molar-refractivity contribution in [1.82, 2.24) is 0 Å². The third-order valence-electron chi connectivity index (χ3n) is 1.43. The molecule has 0 bridgehead atoms. The number of hydrogen-bond acceptors (Lipinski definition) is 3. The summed E-state index contributed by atoms with van der Waals surface area (Å²) < 4.78 is 0. The Bertz CT molecular complexity index is 118. The van der Waals surface area contributed by atoms with Crippen LogP contribution in [0.3, 0.4) is 0 Å². The van der Waals surface area contributed by atoms with E-state index < -0.39 is 0 Å². The summed E-state index contributed by atoms with van der Waals surface area (Å²) in [5, 5.41) is 5.40. The van der Waals surface area contributed by atoms with E-state index in [9.17, 15) is 4.79 Å². The van der Waals surface area contributed by atoms with Crippen molar-refractivity contribution in [3.8, 4) is 0 Å². The Morgan fingerprint density at radius 3 is 2.17 bits per heavy atom. The molecule has 0 heterocycles. The van der Waals surface area contributed by atoms with Gasteiger partial charge in [-0.1, -0.05) is 32.6 Å². The number of hydrogen-bond donors (Lipinski definition) is 1. The number of rotatable bonds is 6. The summed E-state index contributed by atoms with van der Waals surface area (Å²) in [6, 6.07) is 0. The van der Waals surface area contributed by atoms with Crippen LogP contribution in [0.1, 0.15) is 45.4 Å². The van der Waals surface area contributed by atoms with Crippen molar-refractivity contribution in [2.24, 2.45) is 0 Å². The number of nitrogens with one attached hydrogen (secondary N) is 1. The van der Waals surface area contributed by atoms with Gasteiger partial charge in [0, 0.05) is 6.42 Å². The second kappa shape index (κ2) is 16.6. The van der Waals surface area contributed by atoms with E-state index in [1.54, 1.807) is 0 Å². The van der Waals surface area contributed by atoms with E-state index in [0.29, 0.717) is 0 Å². The first-order valence-corrected chi connectivity index (χ1v) is 4.31. The third-order valence-corrected chi connectivity index (χ3v) is 1.43. The first kappa shape index (κ1) is 13.6. The molecular weight excluding hydrogens is 154 g/mol. The van der Waals surface area contributed by atoms with Crippen molar-refractivity contribution >= 4 is 12.4 Å². The fourth-order valence-electron chi connectivity index (χ4n) is 0.831. The van der Waals surface area contributed by atoms with E-state index in [2.05, 4.69) is 6.92 Å². The van der Waals surface area contributed by atoms with Crippen LogP contribution in [0.15, 0.2) is 0 Å². The van der Waals surface area contributed by atoms with Gasteiger partial charge < -0.3 is 4.79 Å². The SMILES string of the molecule is CCCCCCCC=O.N=C=O. The fraction of sp³-hybridized carbons (Fsp3) is 0.778. The summed E-state index contributed by atoms with van der Waals surface area (Å²) in [7, 11) is 0. The highest BCUT2D eigenvalue weighted by Crippen LogP contribution is 2.02. The van der Waals surface area contributed by atoms with Crippen LogP contribution >= 0.6 is 0 Å². The molecule has 0 aromatic carbocycles. The van der Waals surface area contributed by atoms with Crippen molar-refractivity contribution in [1.29, 1.82) is 5.41 Å². The van der Waals surface area contributed by atoms with Gasteiger partial charge in [0.15, 0.2) is 0 Å². The first-order chi connectivity index (χ1) is 5.83. The van der Waals surface area contributed by atoms with Crippen LogP contribution in [0.5, 0.6) is 0 Å². The molecule has 0 saturated carbocycles. The predicted octanol–water partition coefficient (Wildman–Crippen LogP) is 2.45. The summed E-state index contributed by atoms with van der Waals surface area (Å²) in [5.74, 6) is 0. The Kier molecular flexibility index (Phi) is 18.8. The van der Waals surface area contributed by atoms with Crippen LogP contribution in [0.25, 0.3) is 0 Å². The van der Waals surface area contributed by atoms with Crippen LogP contribution < -0.4 is 0 Å². The molecule has 0 aromatic rings. The Hall–Kier alpha value is -0.950. The van der Waals surface area contributed by atoms with Crippen molar-refractivity contribution in [2.45, 2.75) is 45.4 Å². The zero-order valence-electron chi connectivity index (χ0n) is 7.64. The molecular formula is C9H17NO2. The molecule has 0 atom stereocenters. The van der Waals surface area contributed by atoms with E-state index in [4.69, 9.17) is 10.2 Å². The molecule has 0 unspecified atom stereocenters. The molecule has 0 aliphatic rings. The molecule has 0 amide bonds. The van der Waals surface area contributed by atoms with Crippen LogP contribution in [0.4, 0.5) is 0 Å². The second-order valence-electron chi connectivity index (χ2n) is 2.47. The van der Waals surface area contributed by atoms with Gasteiger partial charge in [-0.3, -0.25) is 0 Å². The number of aldehydes is 1. The number of carbonyl (C=O) groups is 1. The van der Waals surface area contributed by atoms with Gasteiger partial charge in [-0.05, 0) is 6.42 Å². The van der Waals surface area contributed by atoms with Gasteiger partial charge in [0.05, 0.1) is 0 Å². The zero-order chi connectivity index (χ0) is 9.66. The van der Waals surface area contributed by atoms with Gasteiger partial charge in [0.25, 0.3) is 0 Å². The summed E-state index contributed by atoms with van der Waals surface area (Å²) in [6.07, 6.45) is 8.72. The van der Waals surface area contributed by atoms with Crippen LogP contribution in [-0.4, -0.2) is 12.4 Å². The van der Waals surface area contributed by atoms with Crippen molar-refractivity contribution in [3.63, 3.8) is 0 Å². The standard InChI is InChI=1S/C8H16O.CHNO/c1-2-3-4-5-6-7-8-9;2-1-3/h8H,2-7H2,1H3;2H. The van der Waals surface area contributed by atoms with Gasteiger partial charge in [0.1, 0.15) is 6.29 Å². The maximum Gasteiger partial charge on any atom is 0.231 e. The quantitative estimate of drug-likeness (QED) is 0.289. The average molecular weight is 171 g/mol. The van der Waals surface area contributed by atoms with Crippen molar-refractivity contribution < 1.29 is 9.59 Å². The van der Waals surface area contributed by atoms with Gasteiger partial charge >= 0.3 is 0 Å². The van der Waals surface area contributed by atoms with Crippen molar-refractivity contribution in [3.05, 3.63) is 0 Å². The van der Waals surface area contributed by atoms with E-state index in [0.717, 1.165) is 25.2 Å². The average Bonchev–Trinajstić information content (AvgIpc) is 2.06. The molecule has 1 N–H and O–H groups in total. The Morgan fingerprint density at radius 1 is 1.25 bits per heavy atom. The van der Waals surface area contributed by atoms with Crippen LogP contribution in [-0.2, 0) is 9.59 Å². The lowest BCUT2D eigenvalue weighted by atomic mass is 10.1. The van der Waals surface area contributed by atoms with E-state index >= 15 is 0 Å². The lowest BCUT2D eigenvalue weighted by molar-refractivity contribution is -0.107. The van der Waals surface area contributed by atoms with Gasteiger partial charge in [-0.2, -0.15) is 0 Å². The maximum absolute atomic E-state index is 9.84. The summed E-state index contributed by atoms with van der Waals surface area (Å²) >= 11 is 0. The molecule has 0 fully saturated rings. The third kappa shape index (κ3) is 23.0.